The molecule has 0 amide bonds. The molecule has 2 N–H and O–H groups in total. The summed E-state index contributed by atoms with van der Waals surface area (Å²) in [6.07, 6.45) is 2.86. The van der Waals surface area contributed by atoms with E-state index in [1.165, 1.54) is 12.1 Å². The highest BCUT2D eigenvalue weighted by atomic mass is 19.1. The zero-order valence-electron chi connectivity index (χ0n) is 9.61. The van der Waals surface area contributed by atoms with Gasteiger partial charge < -0.3 is 10.3 Å². The molecule has 5 heteroatoms. The molecule has 0 fully saturated rings. The van der Waals surface area contributed by atoms with Gasteiger partial charge in [0.2, 0.25) is 0 Å². The Kier molecular flexibility index (Phi) is 3.37. The third-order valence-corrected chi connectivity index (χ3v) is 2.47. The van der Waals surface area contributed by atoms with Crippen molar-refractivity contribution in [1.29, 1.82) is 0 Å². The van der Waals surface area contributed by atoms with Gasteiger partial charge in [0.1, 0.15) is 5.82 Å². The van der Waals surface area contributed by atoms with E-state index in [2.05, 4.69) is 17.1 Å². The van der Waals surface area contributed by atoms with Gasteiger partial charge in [0.25, 0.3) is 5.89 Å². The first-order valence-corrected chi connectivity index (χ1v) is 5.58. The fraction of sp³-hybridized carbons (Fsp3) is 0.333. The summed E-state index contributed by atoms with van der Waals surface area (Å²) >= 11 is 0. The summed E-state index contributed by atoms with van der Waals surface area (Å²) in [6, 6.07) is 4.11. The van der Waals surface area contributed by atoms with Crippen LogP contribution in [0.25, 0.3) is 11.5 Å². The van der Waals surface area contributed by atoms with Crippen LogP contribution in [0, 0.1) is 5.82 Å². The molecule has 2 rings (SSSR count). The minimum atomic E-state index is -0.378. The molecule has 0 radical (unpaired) electrons. The Bertz CT molecular complexity index is 510. The van der Waals surface area contributed by atoms with Crippen molar-refractivity contribution in [2.24, 2.45) is 0 Å². The highest BCUT2D eigenvalue weighted by molar-refractivity contribution is 5.70. The van der Waals surface area contributed by atoms with Crippen LogP contribution in [-0.4, -0.2) is 10.1 Å². The molecule has 2 aromatic rings. The number of unbranched alkanes of at least 4 members (excludes halogenated alkanes) is 1. The minimum absolute atomic E-state index is 0.302. The zero-order valence-corrected chi connectivity index (χ0v) is 9.61. The number of nitrogens with zero attached hydrogens (tertiary/aromatic N) is 2. The van der Waals surface area contributed by atoms with Crippen LogP contribution in [0.1, 0.15) is 25.6 Å². The molecule has 0 aliphatic rings. The lowest BCUT2D eigenvalue weighted by Crippen LogP contribution is -1.92. The van der Waals surface area contributed by atoms with Crippen LogP contribution in [0.15, 0.2) is 22.7 Å². The summed E-state index contributed by atoms with van der Waals surface area (Å²) < 4.78 is 18.0. The Labute approximate surface area is 98.6 Å². The van der Waals surface area contributed by atoms with Crippen LogP contribution >= 0.6 is 0 Å². The lowest BCUT2D eigenvalue weighted by molar-refractivity contribution is 0.421. The topological polar surface area (TPSA) is 64.9 Å². The van der Waals surface area contributed by atoms with Gasteiger partial charge in [-0.1, -0.05) is 18.5 Å². The zero-order chi connectivity index (χ0) is 12.3. The van der Waals surface area contributed by atoms with Crippen LogP contribution in [0.4, 0.5) is 10.1 Å². The Morgan fingerprint density at radius 2 is 2.24 bits per heavy atom. The molecule has 0 saturated heterocycles. The lowest BCUT2D eigenvalue weighted by atomic mass is 10.2. The molecule has 0 unspecified atom stereocenters. The van der Waals surface area contributed by atoms with Gasteiger partial charge in [0, 0.05) is 12.1 Å². The molecule has 1 aromatic carbocycles. The first-order chi connectivity index (χ1) is 8.20. The average molecular weight is 235 g/mol. The highest BCUT2D eigenvalue weighted by Crippen LogP contribution is 2.24. The monoisotopic (exact) mass is 235 g/mol. The average Bonchev–Trinajstić information content (AvgIpc) is 2.75. The molecule has 1 aromatic heterocycles. The van der Waals surface area contributed by atoms with E-state index in [4.69, 9.17) is 10.3 Å². The molecule has 0 saturated carbocycles. The quantitative estimate of drug-likeness (QED) is 0.827. The van der Waals surface area contributed by atoms with Crippen molar-refractivity contribution >= 4 is 5.69 Å². The van der Waals surface area contributed by atoms with E-state index in [0.29, 0.717) is 23.0 Å². The molecule has 0 bridgehead atoms. The normalized spacial score (nSPS) is 10.7. The Balaban J connectivity index is 2.24. The van der Waals surface area contributed by atoms with Gasteiger partial charge in [0.05, 0.1) is 5.56 Å². The summed E-state index contributed by atoms with van der Waals surface area (Å²) in [5, 5.41) is 3.86. The number of halogens is 1. The first-order valence-electron chi connectivity index (χ1n) is 5.58. The number of aromatic nitrogens is 2. The van der Waals surface area contributed by atoms with Gasteiger partial charge in [-0.3, -0.25) is 0 Å². The number of hydrogen-bond donors (Lipinski definition) is 1. The van der Waals surface area contributed by atoms with Crippen LogP contribution in [-0.2, 0) is 6.42 Å². The van der Waals surface area contributed by atoms with Crippen LogP contribution in [0.3, 0.4) is 0 Å². The van der Waals surface area contributed by atoms with E-state index < -0.39 is 0 Å². The number of nitrogens with two attached hydrogens (primary N) is 1. The molecule has 17 heavy (non-hydrogen) atoms. The van der Waals surface area contributed by atoms with E-state index in [1.807, 2.05) is 0 Å². The smallest absolute Gasteiger partial charge is 0.260 e. The van der Waals surface area contributed by atoms with E-state index in [0.717, 1.165) is 19.3 Å². The van der Waals surface area contributed by atoms with Gasteiger partial charge >= 0.3 is 0 Å². The molecular formula is C12H14FN3O. The summed E-state index contributed by atoms with van der Waals surface area (Å²) in [7, 11) is 0. The maximum Gasteiger partial charge on any atom is 0.260 e. The van der Waals surface area contributed by atoms with E-state index in [9.17, 15) is 4.39 Å². The highest BCUT2D eigenvalue weighted by Gasteiger charge is 2.11. The number of anilines is 1. The van der Waals surface area contributed by atoms with Gasteiger partial charge in [-0.05, 0) is 24.6 Å². The Morgan fingerprint density at radius 3 is 2.94 bits per heavy atom. The number of hydrogen-bond acceptors (Lipinski definition) is 4. The van der Waals surface area contributed by atoms with Gasteiger partial charge in [-0.15, -0.1) is 0 Å². The van der Waals surface area contributed by atoms with Gasteiger partial charge in [-0.2, -0.15) is 4.98 Å². The van der Waals surface area contributed by atoms with Crippen molar-refractivity contribution in [2.75, 3.05) is 5.73 Å². The molecule has 0 aliphatic carbocycles. The molecule has 1 heterocycles. The predicted octanol–water partition coefficient (Wildman–Crippen LogP) is 2.80. The van der Waals surface area contributed by atoms with Gasteiger partial charge in [-0.25, -0.2) is 4.39 Å². The Hall–Kier alpha value is -1.91. The number of aryl methyl sites for hydroxylation is 1. The maximum absolute atomic E-state index is 12.9. The van der Waals surface area contributed by atoms with E-state index in [-0.39, 0.29) is 5.82 Å². The van der Waals surface area contributed by atoms with Gasteiger partial charge in [0.15, 0.2) is 5.82 Å². The maximum atomic E-state index is 12.9. The van der Waals surface area contributed by atoms with E-state index in [1.54, 1.807) is 6.07 Å². The van der Waals surface area contributed by atoms with E-state index >= 15 is 0 Å². The lowest BCUT2D eigenvalue weighted by Gasteiger charge is -1.99. The van der Waals surface area contributed by atoms with Crippen molar-refractivity contribution in [2.45, 2.75) is 26.2 Å². The fourth-order valence-corrected chi connectivity index (χ4v) is 1.53. The van der Waals surface area contributed by atoms with Crippen molar-refractivity contribution < 1.29 is 8.91 Å². The molecule has 0 atom stereocenters. The molecular weight excluding hydrogens is 221 g/mol. The SMILES string of the molecule is CCCCc1noc(-c2ccc(F)cc2N)n1. The minimum Gasteiger partial charge on any atom is -0.398 e. The summed E-state index contributed by atoms with van der Waals surface area (Å²) in [4.78, 5) is 4.23. The summed E-state index contributed by atoms with van der Waals surface area (Å²) in [6.45, 7) is 2.10. The summed E-state index contributed by atoms with van der Waals surface area (Å²) in [5.41, 5.74) is 6.57. The second-order valence-electron chi connectivity index (χ2n) is 3.85. The van der Waals surface area contributed by atoms with Crippen molar-refractivity contribution in [1.82, 2.24) is 10.1 Å². The third kappa shape index (κ3) is 2.61. The molecule has 0 spiro atoms. The number of rotatable bonds is 4. The second kappa shape index (κ2) is 4.95. The Morgan fingerprint density at radius 1 is 1.41 bits per heavy atom. The standard InChI is InChI=1S/C12H14FN3O/c1-2-3-4-11-15-12(17-16-11)9-6-5-8(13)7-10(9)14/h5-7H,2-4,14H2,1H3. The third-order valence-electron chi connectivity index (χ3n) is 2.47. The van der Waals surface area contributed by atoms with Crippen LogP contribution < -0.4 is 5.73 Å². The number of nitrogen functional groups attached to an aromatic ring is 1. The van der Waals surface area contributed by atoms with Crippen molar-refractivity contribution in [3.63, 3.8) is 0 Å². The fourth-order valence-electron chi connectivity index (χ4n) is 1.53. The predicted molar refractivity (Wildman–Crippen MR) is 62.7 cm³/mol. The van der Waals surface area contributed by atoms with Crippen molar-refractivity contribution in [3.8, 4) is 11.5 Å². The van der Waals surface area contributed by atoms with Crippen LogP contribution in [0.5, 0.6) is 0 Å². The number of benzene rings is 1. The van der Waals surface area contributed by atoms with Crippen molar-refractivity contribution in [3.05, 3.63) is 29.8 Å². The first kappa shape index (κ1) is 11.6. The molecule has 4 nitrogen and oxygen atoms in total. The second-order valence-corrected chi connectivity index (χ2v) is 3.85. The van der Waals surface area contributed by atoms with Crippen LogP contribution in [0.2, 0.25) is 0 Å². The largest absolute Gasteiger partial charge is 0.398 e. The molecule has 90 valence electrons. The molecule has 0 aliphatic heterocycles. The summed E-state index contributed by atoms with van der Waals surface area (Å²) in [5.74, 6) is 0.621.